The molecule has 0 saturated heterocycles. The molecule has 0 aliphatic carbocycles. The van der Waals surface area contributed by atoms with Gasteiger partial charge in [0.25, 0.3) is 0 Å². The molecule has 0 aliphatic rings. The molecule has 510 valence electrons. The molecule has 0 fully saturated rings. The molecule has 0 radical (unpaired) electrons. The smallest absolute Gasteiger partial charge is 0.148 e. The Morgan fingerprint density at radius 2 is 0.250 bits per heavy atom. The summed E-state index contributed by atoms with van der Waals surface area (Å²) in [6, 6.07) is 108. The first kappa shape index (κ1) is 74.7. The minimum absolute atomic E-state index is 0.117. The number of hydrogen-bond acceptors (Lipinski definition) is 3. The average molecular weight is 1320 g/mol. The lowest BCUT2D eigenvalue weighted by Gasteiger charge is -2.37. The van der Waals surface area contributed by atoms with Crippen molar-refractivity contribution in [3.8, 4) is 0 Å². The van der Waals surface area contributed by atoms with Gasteiger partial charge in [-0.2, -0.15) is 13.4 Å². The molecule has 0 aromatic heterocycles. The zero-order chi connectivity index (χ0) is 72.4. The average Bonchev–Trinajstić information content (AvgIpc) is 0.747. The number of quaternary nitrogens is 3. The monoisotopic (exact) mass is 1320 g/mol. The summed E-state index contributed by atoms with van der Waals surface area (Å²) < 4.78 is 1.64. The van der Waals surface area contributed by atoms with E-state index in [-0.39, 0.29) is 16.2 Å². The Bertz CT molecular complexity index is 3740. The second kappa shape index (κ2) is 31.3. The van der Waals surface area contributed by atoms with Crippen LogP contribution in [0.2, 0.25) is 0 Å². The maximum atomic E-state index is 8.42. The molecule has 0 spiro atoms. The zero-order valence-corrected chi connectivity index (χ0v) is 62.4. The van der Waals surface area contributed by atoms with Crippen molar-refractivity contribution in [3.63, 3.8) is 0 Å². The molecule has 0 atom stereocenters. The van der Waals surface area contributed by atoms with Crippen molar-refractivity contribution in [1.29, 1.82) is 0 Å². The first-order valence-electron chi connectivity index (χ1n) is 35.0. The van der Waals surface area contributed by atoms with Crippen LogP contribution in [-0.4, -0.2) is 7.32 Å². The van der Waals surface area contributed by atoms with Gasteiger partial charge in [-0.05, 0) is 95.2 Å². The van der Waals surface area contributed by atoms with E-state index in [2.05, 4.69) is 416 Å². The van der Waals surface area contributed by atoms with Crippen LogP contribution in [0.1, 0.15) is 129 Å². The van der Waals surface area contributed by atoms with Crippen LogP contribution in [-0.2, 0) is 16.2 Å². The fraction of sp³-hybridized carbons (Fsp3) is 0.226. The van der Waals surface area contributed by atoms with Crippen molar-refractivity contribution < 1.29 is 15.1 Å². The predicted molar refractivity (Wildman–Crippen MR) is 424 cm³/mol. The van der Waals surface area contributed by atoms with Gasteiger partial charge in [0.2, 0.25) is 0 Å². The molecule has 6 nitrogen and oxygen atoms in total. The molecule has 0 unspecified atom stereocenters. The Hall–Kier alpha value is -9.54. The van der Waals surface area contributed by atoms with Gasteiger partial charge in [-0.1, -0.05) is 258 Å². The van der Waals surface area contributed by atoms with Crippen molar-refractivity contribution >= 4 is 75.6 Å². The number of benzene rings is 12. The molecular formula is C93H102BN3O3. The predicted octanol–water partition coefficient (Wildman–Crippen LogP) is 23.7. The number of rotatable bonds is 12. The van der Waals surface area contributed by atoms with E-state index in [1.165, 1.54) is 135 Å². The van der Waals surface area contributed by atoms with Crippen LogP contribution in [0.25, 0.3) is 0 Å². The summed E-state index contributed by atoms with van der Waals surface area (Å²) in [4.78, 5) is 0. The maximum absolute atomic E-state index is 8.42. The van der Waals surface area contributed by atoms with Crippen LogP contribution in [0.5, 0.6) is 0 Å². The van der Waals surface area contributed by atoms with E-state index in [1.54, 1.807) is 0 Å². The fourth-order valence-electron chi connectivity index (χ4n) is 13.2. The van der Waals surface area contributed by atoms with E-state index in [9.17, 15) is 0 Å². The van der Waals surface area contributed by atoms with Crippen LogP contribution in [0.3, 0.4) is 0 Å². The van der Waals surface area contributed by atoms with Crippen LogP contribution in [0.15, 0.2) is 291 Å². The summed E-state index contributed by atoms with van der Waals surface area (Å²) in [6.45, 7) is 39.7. The molecule has 0 aliphatic heterocycles. The van der Waals surface area contributed by atoms with Crippen LogP contribution >= 0.6 is 0 Å². The summed E-state index contributed by atoms with van der Waals surface area (Å²) >= 11 is 0. The third kappa shape index (κ3) is 16.8. The summed E-state index contributed by atoms with van der Waals surface area (Å²) in [7, 11) is -2.92. The van der Waals surface area contributed by atoms with Crippen LogP contribution in [0, 0.1) is 62.3 Å². The summed E-state index contributed by atoms with van der Waals surface area (Å²) in [5.74, 6) is 0. The quantitative estimate of drug-likeness (QED) is 0.0904. The molecule has 12 aromatic rings. The van der Waals surface area contributed by atoms with Crippen molar-refractivity contribution in [3.05, 3.63) is 358 Å². The Morgan fingerprint density at radius 1 is 0.170 bits per heavy atom. The summed E-state index contributed by atoms with van der Waals surface area (Å²) in [5.41, 5.74) is 30.5. The van der Waals surface area contributed by atoms with Gasteiger partial charge < -0.3 is 15.1 Å². The Morgan fingerprint density at radius 3 is 0.330 bits per heavy atom. The van der Waals surface area contributed by atoms with Gasteiger partial charge in [-0.15, -0.1) is 0 Å². The largest absolute Gasteiger partial charge is 0.907 e. The standard InChI is InChI=1S/3C31H34N.BO3/c3*1-23-7-15-27(16-8-23)32(28-17-9-24(2)10-18-28,29-19-11-25(3)12-20-29)30-21-13-26(14-22-30)31(4,5)6;2-1(3)4/h3*7-22H,1-6H3;/q3*+1;-3. The van der Waals surface area contributed by atoms with Crippen molar-refractivity contribution in [2.75, 3.05) is 0 Å². The molecule has 0 amide bonds. The van der Waals surface area contributed by atoms with E-state index < -0.39 is 7.32 Å². The third-order valence-corrected chi connectivity index (χ3v) is 19.2. The zero-order valence-electron chi connectivity index (χ0n) is 62.4. The van der Waals surface area contributed by atoms with Crippen LogP contribution < -0.4 is 28.5 Å². The first-order chi connectivity index (χ1) is 47.4. The molecule has 7 heteroatoms. The van der Waals surface area contributed by atoms with Gasteiger partial charge in [-0.25, -0.2) is 0 Å². The van der Waals surface area contributed by atoms with Crippen LogP contribution in [0.4, 0.5) is 68.2 Å². The highest BCUT2D eigenvalue weighted by atomic mass is 16.5. The lowest BCUT2D eigenvalue weighted by molar-refractivity contribution is -0.479. The van der Waals surface area contributed by atoms with E-state index >= 15 is 0 Å². The molecular weight excluding hydrogens is 1220 g/mol. The Kier molecular flexibility index (Phi) is 23.4. The summed E-state index contributed by atoms with van der Waals surface area (Å²) in [5, 5.41) is 25.2. The van der Waals surface area contributed by atoms with E-state index in [1.807, 2.05) is 0 Å². The molecule has 0 saturated carbocycles. The Balaban J connectivity index is 0.000000170. The number of hydrogen-bond donors (Lipinski definition) is 0. The van der Waals surface area contributed by atoms with Crippen molar-refractivity contribution in [2.24, 2.45) is 0 Å². The van der Waals surface area contributed by atoms with E-state index in [0.717, 1.165) is 0 Å². The minimum Gasteiger partial charge on any atom is -0.907 e. The SMILES string of the molecule is Cc1ccc([N+](c2ccc(C)cc2)(c2ccc(C)cc2)c2ccc(C(C)(C)C)cc2)cc1.Cc1ccc([N+](c2ccc(C)cc2)(c2ccc(C)cc2)c2ccc(C(C)(C)C)cc2)cc1.Cc1ccc([N+](c2ccc(C)cc2)(c2ccc(C)cc2)c2ccc(C(C)(C)C)cc2)cc1.[O-]B([O-])[O-]. The highest BCUT2D eigenvalue weighted by molar-refractivity contribution is 6.24. The van der Waals surface area contributed by atoms with Gasteiger partial charge in [0.15, 0.2) is 0 Å². The van der Waals surface area contributed by atoms with Crippen molar-refractivity contribution in [1.82, 2.24) is 13.4 Å². The second-order valence-corrected chi connectivity index (χ2v) is 30.2. The lowest BCUT2D eigenvalue weighted by atomic mass is 9.87. The number of aryl methyl sites for hydroxylation is 9. The highest BCUT2D eigenvalue weighted by Crippen LogP contribution is 2.55. The maximum Gasteiger partial charge on any atom is 0.148 e. The third-order valence-electron chi connectivity index (χ3n) is 19.2. The van der Waals surface area contributed by atoms with Gasteiger partial charge >= 0.3 is 0 Å². The molecule has 12 aromatic carbocycles. The van der Waals surface area contributed by atoms with Crippen molar-refractivity contribution in [2.45, 2.75) is 141 Å². The van der Waals surface area contributed by atoms with E-state index in [4.69, 9.17) is 15.1 Å². The minimum atomic E-state index is -2.92. The summed E-state index contributed by atoms with van der Waals surface area (Å²) in [6.07, 6.45) is 0. The molecule has 0 heterocycles. The highest BCUT2D eigenvalue weighted by Gasteiger charge is 2.43. The topological polar surface area (TPSA) is 69.2 Å². The number of nitrogens with zero attached hydrogens (tertiary/aromatic N) is 3. The lowest BCUT2D eigenvalue weighted by Crippen LogP contribution is -2.56. The normalized spacial score (nSPS) is 11.8. The van der Waals surface area contributed by atoms with Gasteiger partial charge in [0, 0.05) is 146 Å². The molecule has 100 heavy (non-hydrogen) atoms. The molecule has 0 N–H and O–H groups in total. The second-order valence-electron chi connectivity index (χ2n) is 30.2. The van der Waals surface area contributed by atoms with Gasteiger partial charge in [-0.3, -0.25) is 7.32 Å². The fourth-order valence-corrected chi connectivity index (χ4v) is 13.2. The van der Waals surface area contributed by atoms with Gasteiger partial charge in [0.1, 0.15) is 68.2 Å². The molecule has 12 rings (SSSR count). The molecule has 0 bridgehead atoms. The van der Waals surface area contributed by atoms with E-state index in [0.29, 0.717) is 13.4 Å². The first-order valence-corrected chi connectivity index (χ1v) is 35.0. The van der Waals surface area contributed by atoms with Gasteiger partial charge in [0.05, 0.1) is 0 Å². The Labute approximate surface area is 599 Å².